The summed E-state index contributed by atoms with van der Waals surface area (Å²) in [5.74, 6) is 0.818. The minimum atomic E-state index is -0.0174. The molecule has 5 nitrogen and oxygen atoms in total. The van der Waals surface area contributed by atoms with E-state index < -0.39 is 0 Å². The number of guanidine groups is 1. The monoisotopic (exact) mass is 415 g/mol. The summed E-state index contributed by atoms with van der Waals surface area (Å²) in [6.07, 6.45) is 2.05. The molecule has 0 saturated heterocycles. The maximum absolute atomic E-state index is 4.61. The first-order valence-corrected chi connectivity index (χ1v) is 7.39. The molecule has 0 aromatic carbocycles. The molecule has 122 valence electrons. The van der Waals surface area contributed by atoms with Gasteiger partial charge in [0.05, 0.1) is 12.2 Å². The summed E-state index contributed by atoms with van der Waals surface area (Å²) in [4.78, 5) is 9.22. The highest BCUT2D eigenvalue weighted by Crippen LogP contribution is 2.09. The smallest absolute Gasteiger partial charge is 0.192 e. The van der Waals surface area contributed by atoms with E-state index in [1.165, 1.54) is 5.69 Å². The largest absolute Gasteiger partial charge is 0.357 e. The van der Waals surface area contributed by atoms with Crippen LogP contribution in [0.15, 0.2) is 29.4 Å². The minimum absolute atomic E-state index is 0. The second kappa shape index (κ2) is 7.80. The molecule has 2 aromatic rings. The van der Waals surface area contributed by atoms with Crippen molar-refractivity contribution < 1.29 is 0 Å². The molecule has 2 N–H and O–H groups in total. The van der Waals surface area contributed by atoms with Crippen LogP contribution in [0.1, 0.15) is 39.1 Å². The third kappa shape index (κ3) is 5.15. The van der Waals surface area contributed by atoms with Crippen molar-refractivity contribution in [2.75, 3.05) is 6.54 Å². The molecule has 2 aromatic heterocycles. The molecule has 0 atom stereocenters. The molecular weight excluding hydrogens is 389 g/mol. The number of aliphatic imine (C=N–C) groups is 1. The number of hydrogen-bond donors (Lipinski definition) is 2. The number of halogens is 1. The average molecular weight is 415 g/mol. The van der Waals surface area contributed by atoms with E-state index in [1.54, 1.807) is 0 Å². The summed E-state index contributed by atoms with van der Waals surface area (Å²) in [5, 5.41) is 6.64. The first-order valence-electron chi connectivity index (χ1n) is 7.39. The normalized spacial score (nSPS) is 12.1. The summed E-state index contributed by atoms with van der Waals surface area (Å²) >= 11 is 0. The average Bonchev–Trinajstić information content (AvgIpc) is 2.79. The van der Waals surface area contributed by atoms with Crippen molar-refractivity contribution in [1.82, 2.24) is 20.0 Å². The molecule has 0 aliphatic rings. The van der Waals surface area contributed by atoms with Crippen molar-refractivity contribution in [3.05, 3.63) is 35.8 Å². The Balaban J connectivity index is 0.00000242. The molecule has 0 bridgehead atoms. The van der Waals surface area contributed by atoms with Crippen molar-refractivity contribution in [2.45, 2.75) is 46.7 Å². The fourth-order valence-electron chi connectivity index (χ4n) is 2.10. The Morgan fingerprint density at radius 2 is 2.05 bits per heavy atom. The lowest BCUT2D eigenvalue weighted by atomic mass is 10.1. The number of hydrogen-bond acceptors (Lipinski definition) is 2. The molecule has 0 unspecified atom stereocenters. The second-order valence-electron chi connectivity index (χ2n) is 6.20. The van der Waals surface area contributed by atoms with Crippen molar-refractivity contribution in [2.24, 2.45) is 4.99 Å². The SMILES string of the molecule is CCNC(=NCc1cn2c(C)cccc2n1)NC(C)(C)C.I. The van der Waals surface area contributed by atoms with Crippen molar-refractivity contribution in [3.63, 3.8) is 0 Å². The predicted octanol–water partition coefficient (Wildman–Crippen LogP) is 3.11. The zero-order valence-corrected chi connectivity index (χ0v) is 16.3. The number of imidazole rings is 1. The van der Waals surface area contributed by atoms with Crippen LogP contribution in [-0.2, 0) is 6.54 Å². The third-order valence-electron chi connectivity index (χ3n) is 2.98. The van der Waals surface area contributed by atoms with Gasteiger partial charge in [-0.1, -0.05) is 6.07 Å². The summed E-state index contributed by atoms with van der Waals surface area (Å²) in [6.45, 7) is 11.9. The number of pyridine rings is 1. The highest BCUT2D eigenvalue weighted by Gasteiger charge is 2.11. The molecular formula is C16H26IN5. The van der Waals surface area contributed by atoms with Crippen LogP contribution in [0.25, 0.3) is 5.65 Å². The van der Waals surface area contributed by atoms with Gasteiger partial charge in [0.15, 0.2) is 5.96 Å². The number of rotatable bonds is 3. The van der Waals surface area contributed by atoms with Gasteiger partial charge in [-0.05, 0) is 46.8 Å². The number of aromatic nitrogens is 2. The van der Waals surface area contributed by atoms with Crippen LogP contribution in [0, 0.1) is 6.92 Å². The summed E-state index contributed by atoms with van der Waals surface area (Å²) in [6, 6.07) is 6.11. The van der Waals surface area contributed by atoms with E-state index in [4.69, 9.17) is 0 Å². The van der Waals surface area contributed by atoms with Gasteiger partial charge >= 0.3 is 0 Å². The maximum atomic E-state index is 4.61. The molecule has 0 spiro atoms. The van der Waals surface area contributed by atoms with Crippen molar-refractivity contribution in [1.29, 1.82) is 0 Å². The van der Waals surface area contributed by atoms with Gasteiger partial charge in [-0.2, -0.15) is 0 Å². The Labute approximate surface area is 149 Å². The quantitative estimate of drug-likeness (QED) is 0.460. The predicted molar refractivity (Wildman–Crippen MR) is 103 cm³/mol. The van der Waals surface area contributed by atoms with Crippen LogP contribution in [0.2, 0.25) is 0 Å². The first-order chi connectivity index (χ1) is 9.89. The Bertz CT molecular complexity index is 640. The Morgan fingerprint density at radius 1 is 1.32 bits per heavy atom. The molecule has 2 rings (SSSR count). The number of nitrogens with zero attached hydrogens (tertiary/aromatic N) is 3. The molecule has 6 heteroatoms. The van der Waals surface area contributed by atoms with Gasteiger partial charge in [0.2, 0.25) is 0 Å². The number of nitrogens with one attached hydrogen (secondary N) is 2. The van der Waals surface area contributed by atoms with E-state index in [2.05, 4.69) is 71.9 Å². The summed E-state index contributed by atoms with van der Waals surface area (Å²) < 4.78 is 2.09. The number of aryl methyl sites for hydroxylation is 1. The fraction of sp³-hybridized carbons (Fsp3) is 0.500. The Morgan fingerprint density at radius 3 is 2.64 bits per heavy atom. The standard InChI is InChI=1S/C16H25N5.HI/c1-6-17-15(20-16(3,4)5)18-10-13-11-21-12(2)8-7-9-14(21)19-13;/h7-9,11H,6,10H2,1-5H3,(H2,17,18,20);1H. The first kappa shape index (κ1) is 18.7. The Kier molecular flexibility index (Phi) is 6.65. The van der Waals surface area contributed by atoms with E-state index in [-0.39, 0.29) is 29.5 Å². The second-order valence-corrected chi connectivity index (χ2v) is 6.20. The van der Waals surface area contributed by atoms with Gasteiger partial charge in [-0.15, -0.1) is 24.0 Å². The zero-order chi connectivity index (χ0) is 15.5. The molecule has 0 saturated carbocycles. The highest BCUT2D eigenvalue weighted by molar-refractivity contribution is 14.0. The lowest BCUT2D eigenvalue weighted by molar-refractivity contribution is 0.501. The van der Waals surface area contributed by atoms with E-state index in [9.17, 15) is 0 Å². The van der Waals surface area contributed by atoms with Crippen molar-refractivity contribution in [3.8, 4) is 0 Å². The van der Waals surface area contributed by atoms with Crippen molar-refractivity contribution >= 4 is 35.6 Å². The lowest BCUT2D eigenvalue weighted by Crippen LogP contribution is -2.47. The minimum Gasteiger partial charge on any atom is -0.357 e. The van der Waals surface area contributed by atoms with Gasteiger partial charge in [0.1, 0.15) is 5.65 Å². The van der Waals surface area contributed by atoms with Gasteiger partial charge in [-0.25, -0.2) is 9.98 Å². The van der Waals surface area contributed by atoms with E-state index in [0.717, 1.165) is 23.8 Å². The maximum Gasteiger partial charge on any atom is 0.192 e. The molecule has 2 heterocycles. The van der Waals surface area contributed by atoms with Crippen LogP contribution < -0.4 is 10.6 Å². The molecule has 0 amide bonds. The molecule has 22 heavy (non-hydrogen) atoms. The Hall–Kier alpha value is -1.31. The molecule has 0 aliphatic carbocycles. The fourth-order valence-corrected chi connectivity index (χ4v) is 2.10. The summed E-state index contributed by atoms with van der Waals surface area (Å²) in [5.41, 5.74) is 3.09. The lowest BCUT2D eigenvalue weighted by Gasteiger charge is -2.23. The van der Waals surface area contributed by atoms with Gasteiger partial charge in [-0.3, -0.25) is 0 Å². The molecule has 0 aliphatic heterocycles. The van der Waals surface area contributed by atoms with E-state index >= 15 is 0 Å². The zero-order valence-electron chi connectivity index (χ0n) is 14.0. The van der Waals surface area contributed by atoms with Gasteiger partial charge in [0, 0.05) is 24.0 Å². The highest BCUT2D eigenvalue weighted by atomic mass is 127. The molecule has 0 fully saturated rings. The molecule has 0 radical (unpaired) electrons. The van der Waals surface area contributed by atoms with Crippen LogP contribution in [0.3, 0.4) is 0 Å². The third-order valence-corrected chi connectivity index (χ3v) is 2.98. The van der Waals surface area contributed by atoms with Crippen LogP contribution >= 0.6 is 24.0 Å². The topological polar surface area (TPSA) is 53.7 Å². The van der Waals surface area contributed by atoms with Crippen LogP contribution in [0.5, 0.6) is 0 Å². The van der Waals surface area contributed by atoms with Gasteiger partial charge in [0.25, 0.3) is 0 Å². The van der Waals surface area contributed by atoms with E-state index in [1.807, 2.05) is 12.1 Å². The van der Waals surface area contributed by atoms with E-state index in [0.29, 0.717) is 6.54 Å². The summed E-state index contributed by atoms with van der Waals surface area (Å²) in [7, 11) is 0. The van der Waals surface area contributed by atoms with Crippen LogP contribution in [-0.4, -0.2) is 27.4 Å². The van der Waals surface area contributed by atoms with Gasteiger partial charge < -0.3 is 15.0 Å². The number of fused-ring (bicyclic) bond motifs is 1. The van der Waals surface area contributed by atoms with Crippen LogP contribution in [0.4, 0.5) is 0 Å².